The van der Waals surface area contributed by atoms with E-state index in [-0.39, 0.29) is 18.1 Å². The Kier molecular flexibility index (Phi) is 5.88. The van der Waals surface area contributed by atoms with Crippen LogP contribution in [0.1, 0.15) is 18.4 Å². The first-order valence-electron chi connectivity index (χ1n) is 7.01. The highest BCUT2D eigenvalue weighted by Crippen LogP contribution is 2.24. The van der Waals surface area contributed by atoms with Crippen LogP contribution in [0.2, 0.25) is 10.0 Å². The summed E-state index contributed by atoms with van der Waals surface area (Å²) in [5.74, 6) is 0.0680. The molecule has 1 heterocycles. The van der Waals surface area contributed by atoms with Crippen molar-refractivity contribution in [2.45, 2.75) is 31.4 Å². The summed E-state index contributed by atoms with van der Waals surface area (Å²) >= 11 is 11.9. The van der Waals surface area contributed by atoms with E-state index in [9.17, 15) is 4.79 Å². The Hall–Kier alpha value is -0.810. The molecule has 6 heteroatoms. The average Bonchev–Trinajstić information content (AvgIpc) is 2.50. The molecule has 1 amide bonds. The van der Waals surface area contributed by atoms with Gasteiger partial charge in [-0.25, -0.2) is 0 Å². The quantitative estimate of drug-likeness (QED) is 0.922. The Morgan fingerprint density at radius 3 is 2.81 bits per heavy atom. The first-order chi connectivity index (χ1) is 10.0. The molecule has 0 aliphatic carbocycles. The zero-order valence-corrected chi connectivity index (χ0v) is 13.5. The lowest BCUT2D eigenvalue weighted by Gasteiger charge is -2.38. The van der Waals surface area contributed by atoms with E-state index in [4.69, 9.17) is 33.7 Å². The number of amides is 1. The van der Waals surface area contributed by atoms with E-state index in [1.54, 1.807) is 19.2 Å². The van der Waals surface area contributed by atoms with Gasteiger partial charge in [0.05, 0.1) is 22.6 Å². The number of nitrogens with two attached hydrogens (primary N) is 1. The molecule has 1 saturated heterocycles. The predicted octanol–water partition coefficient (Wildman–Crippen LogP) is 2.50. The molecule has 116 valence electrons. The van der Waals surface area contributed by atoms with Crippen molar-refractivity contribution >= 4 is 29.1 Å². The van der Waals surface area contributed by atoms with Crippen LogP contribution in [0.15, 0.2) is 18.2 Å². The molecule has 2 N–H and O–H groups in total. The minimum Gasteiger partial charge on any atom is -0.381 e. The topological polar surface area (TPSA) is 55.6 Å². The smallest absolute Gasteiger partial charge is 0.227 e. The number of methoxy groups -OCH3 is 1. The third-order valence-electron chi connectivity index (χ3n) is 3.93. The standard InChI is InChI=1S/C15H20Cl2N2O2/c1-21-12-4-5-19(11(8-12)9-18)15(20)7-10-2-3-13(16)14(17)6-10/h2-3,6,11-12H,4-5,7-9,18H2,1H3. The van der Waals surface area contributed by atoms with E-state index < -0.39 is 0 Å². The van der Waals surface area contributed by atoms with Crippen LogP contribution in [0, 0.1) is 0 Å². The van der Waals surface area contributed by atoms with Gasteiger partial charge >= 0.3 is 0 Å². The third-order valence-corrected chi connectivity index (χ3v) is 4.67. The molecule has 1 aromatic carbocycles. The Morgan fingerprint density at radius 1 is 1.43 bits per heavy atom. The van der Waals surface area contributed by atoms with Gasteiger partial charge in [-0.2, -0.15) is 0 Å². The SMILES string of the molecule is COC1CCN(C(=O)Cc2ccc(Cl)c(Cl)c2)C(CN)C1. The fourth-order valence-electron chi connectivity index (χ4n) is 2.71. The molecule has 1 aromatic rings. The lowest BCUT2D eigenvalue weighted by molar-refractivity contribution is -0.136. The molecular formula is C15H20Cl2N2O2. The first-order valence-corrected chi connectivity index (χ1v) is 7.77. The van der Waals surface area contributed by atoms with Gasteiger partial charge in [0.1, 0.15) is 0 Å². The van der Waals surface area contributed by atoms with Gasteiger partial charge in [-0.1, -0.05) is 29.3 Å². The zero-order valence-electron chi connectivity index (χ0n) is 12.0. The van der Waals surface area contributed by atoms with Crippen LogP contribution >= 0.6 is 23.2 Å². The maximum absolute atomic E-state index is 12.5. The van der Waals surface area contributed by atoms with E-state index in [0.717, 1.165) is 18.4 Å². The number of hydrogen-bond donors (Lipinski definition) is 1. The summed E-state index contributed by atoms with van der Waals surface area (Å²) in [5.41, 5.74) is 6.66. The largest absolute Gasteiger partial charge is 0.381 e. The molecule has 0 radical (unpaired) electrons. The van der Waals surface area contributed by atoms with E-state index in [0.29, 0.717) is 29.6 Å². The first kappa shape index (κ1) is 16.6. The maximum atomic E-state index is 12.5. The highest BCUT2D eigenvalue weighted by Gasteiger charge is 2.30. The molecule has 0 saturated carbocycles. The highest BCUT2D eigenvalue weighted by molar-refractivity contribution is 6.42. The van der Waals surface area contributed by atoms with E-state index in [2.05, 4.69) is 0 Å². The summed E-state index contributed by atoms with van der Waals surface area (Å²) in [6.45, 7) is 1.13. The van der Waals surface area contributed by atoms with Crippen LogP contribution in [-0.4, -0.2) is 43.2 Å². The van der Waals surface area contributed by atoms with Gasteiger partial charge in [0, 0.05) is 26.2 Å². The number of likely N-dealkylation sites (tertiary alicyclic amines) is 1. The molecule has 1 fully saturated rings. The van der Waals surface area contributed by atoms with Crippen LogP contribution in [0.3, 0.4) is 0 Å². The molecule has 1 aliphatic rings. The van der Waals surface area contributed by atoms with Gasteiger partial charge in [-0.3, -0.25) is 4.79 Å². The van der Waals surface area contributed by atoms with Crippen molar-refractivity contribution in [3.05, 3.63) is 33.8 Å². The summed E-state index contributed by atoms with van der Waals surface area (Å²) in [4.78, 5) is 14.3. The molecule has 21 heavy (non-hydrogen) atoms. The molecule has 2 unspecified atom stereocenters. The number of rotatable bonds is 4. The zero-order chi connectivity index (χ0) is 15.4. The van der Waals surface area contributed by atoms with Gasteiger partial charge in [-0.15, -0.1) is 0 Å². The molecule has 0 bridgehead atoms. The summed E-state index contributed by atoms with van der Waals surface area (Å²) in [6.07, 6.45) is 2.14. The van der Waals surface area contributed by atoms with E-state index >= 15 is 0 Å². The number of ether oxygens (including phenoxy) is 1. The average molecular weight is 331 g/mol. The number of benzene rings is 1. The van der Waals surface area contributed by atoms with Crippen molar-refractivity contribution in [1.82, 2.24) is 4.90 Å². The fraction of sp³-hybridized carbons (Fsp3) is 0.533. The molecule has 4 nitrogen and oxygen atoms in total. The molecule has 0 aromatic heterocycles. The number of carbonyl (C=O) groups is 1. The van der Waals surface area contributed by atoms with Crippen LogP contribution < -0.4 is 5.73 Å². The van der Waals surface area contributed by atoms with Gasteiger partial charge in [0.25, 0.3) is 0 Å². The molecule has 0 spiro atoms. The van der Waals surface area contributed by atoms with Crippen LogP contribution in [0.4, 0.5) is 0 Å². The number of halogens is 2. The summed E-state index contributed by atoms with van der Waals surface area (Å²) in [6, 6.07) is 5.32. The Morgan fingerprint density at radius 2 is 2.19 bits per heavy atom. The van der Waals surface area contributed by atoms with E-state index in [1.165, 1.54) is 0 Å². The number of carbonyl (C=O) groups excluding carboxylic acids is 1. The van der Waals surface area contributed by atoms with Gasteiger partial charge in [-0.05, 0) is 30.5 Å². The number of nitrogens with zero attached hydrogens (tertiary/aromatic N) is 1. The molecule has 1 aliphatic heterocycles. The summed E-state index contributed by atoms with van der Waals surface area (Å²) in [7, 11) is 1.70. The minimum atomic E-state index is 0.0407. The maximum Gasteiger partial charge on any atom is 0.227 e. The number of piperidine rings is 1. The summed E-state index contributed by atoms with van der Waals surface area (Å²) in [5, 5.41) is 0.962. The Labute approximate surface area is 135 Å². The lowest BCUT2D eigenvalue weighted by atomic mass is 9.98. The van der Waals surface area contributed by atoms with Crippen molar-refractivity contribution in [3.8, 4) is 0 Å². The van der Waals surface area contributed by atoms with E-state index in [1.807, 2.05) is 11.0 Å². The number of hydrogen-bond acceptors (Lipinski definition) is 3. The predicted molar refractivity (Wildman–Crippen MR) is 84.8 cm³/mol. The normalized spacial score (nSPS) is 22.4. The van der Waals surface area contributed by atoms with Gasteiger partial charge in [0.15, 0.2) is 0 Å². The Bertz CT molecular complexity index is 510. The second-order valence-electron chi connectivity index (χ2n) is 5.28. The summed E-state index contributed by atoms with van der Waals surface area (Å²) < 4.78 is 5.37. The van der Waals surface area contributed by atoms with Crippen molar-refractivity contribution in [2.24, 2.45) is 5.73 Å². The Balaban J connectivity index is 2.03. The second-order valence-corrected chi connectivity index (χ2v) is 6.10. The molecule has 2 rings (SSSR count). The lowest BCUT2D eigenvalue weighted by Crippen LogP contribution is -2.51. The van der Waals surface area contributed by atoms with Gasteiger partial charge < -0.3 is 15.4 Å². The van der Waals surface area contributed by atoms with Crippen molar-refractivity contribution in [3.63, 3.8) is 0 Å². The van der Waals surface area contributed by atoms with Crippen LogP contribution in [-0.2, 0) is 16.0 Å². The van der Waals surface area contributed by atoms with Crippen molar-refractivity contribution in [1.29, 1.82) is 0 Å². The monoisotopic (exact) mass is 330 g/mol. The highest BCUT2D eigenvalue weighted by atomic mass is 35.5. The van der Waals surface area contributed by atoms with Gasteiger partial charge in [0.2, 0.25) is 5.91 Å². The third kappa shape index (κ3) is 4.10. The van der Waals surface area contributed by atoms with Crippen molar-refractivity contribution < 1.29 is 9.53 Å². The van der Waals surface area contributed by atoms with Crippen LogP contribution in [0.25, 0.3) is 0 Å². The minimum absolute atomic E-state index is 0.0407. The van der Waals surface area contributed by atoms with Crippen LogP contribution in [0.5, 0.6) is 0 Å². The fourth-order valence-corrected chi connectivity index (χ4v) is 3.03. The molecular weight excluding hydrogens is 311 g/mol. The second kappa shape index (κ2) is 7.45. The van der Waals surface area contributed by atoms with Crippen molar-refractivity contribution in [2.75, 3.05) is 20.2 Å². The molecule has 2 atom stereocenters.